The van der Waals surface area contributed by atoms with Gasteiger partial charge in [0.15, 0.2) is 5.82 Å². The molecule has 24 heavy (non-hydrogen) atoms. The van der Waals surface area contributed by atoms with Gasteiger partial charge in [-0.2, -0.15) is 0 Å². The molecule has 6 heteroatoms. The molecule has 0 saturated heterocycles. The van der Waals surface area contributed by atoms with Gasteiger partial charge in [-0.3, -0.25) is 4.98 Å². The van der Waals surface area contributed by atoms with E-state index in [1.54, 1.807) is 36.9 Å². The van der Waals surface area contributed by atoms with E-state index in [4.69, 9.17) is 0 Å². The number of pyridine rings is 1. The van der Waals surface area contributed by atoms with Crippen molar-refractivity contribution in [2.24, 2.45) is 0 Å². The third kappa shape index (κ3) is 2.66. The smallest absolute Gasteiger partial charge is 0.156 e. The summed E-state index contributed by atoms with van der Waals surface area (Å²) in [6.07, 6.45) is 4.56. The Bertz CT molecular complexity index is 981. The summed E-state index contributed by atoms with van der Waals surface area (Å²) in [5.41, 5.74) is 6.59. The Balaban J connectivity index is 1.87. The lowest BCUT2D eigenvalue weighted by atomic mass is 10.0. The fourth-order valence-electron chi connectivity index (χ4n) is 2.55. The molecule has 0 aliphatic heterocycles. The number of fused-ring (bicyclic) bond motifs is 1. The Morgan fingerprint density at radius 1 is 1.00 bits per heavy atom. The molecule has 4 rings (SSSR count). The fourth-order valence-corrected chi connectivity index (χ4v) is 3.35. The minimum Gasteiger partial charge on any atom is -0.385 e. The summed E-state index contributed by atoms with van der Waals surface area (Å²) >= 11 is 1.60. The van der Waals surface area contributed by atoms with Crippen LogP contribution < -0.4 is 0 Å². The van der Waals surface area contributed by atoms with Gasteiger partial charge in [0.05, 0.1) is 21.4 Å². The summed E-state index contributed by atoms with van der Waals surface area (Å²) in [5, 5.41) is 9.55. The van der Waals surface area contributed by atoms with Crippen molar-refractivity contribution >= 4 is 21.6 Å². The zero-order valence-corrected chi connectivity index (χ0v) is 13.7. The molecule has 3 heterocycles. The van der Waals surface area contributed by atoms with E-state index in [1.807, 2.05) is 29.8 Å². The van der Waals surface area contributed by atoms with E-state index in [1.165, 1.54) is 0 Å². The predicted octanol–water partition coefficient (Wildman–Crippen LogP) is 3.87. The van der Waals surface area contributed by atoms with Gasteiger partial charge in [0.2, 0.25) is 0 Å². The van der Waals surface area contributed by atoms with Gasteiger partial charge in [-0.15, -0.1) is 11.3 Å². The van der Waals surface area contributed by atoms with Gasteiger partial charge in [0.25, 0.3) is 0 Å². The van der Waals surface area contributed by atoms with E-state index in [-0.39, 0.29) is 0 Å². The number of aromatic nitrogens is 4. The van der Waals surface area contributed by atoms with Crippen LogP contribution in [0.5, 0.6) is 0 Å². The average molecular weight is 334 g/mol. The van der Waals surface area contributed by atoms with E-state index in [0.29, 0.717) is 5.82 Å². The van der Waals surface area contributed by atoms with Gasteiger partial charge in [-0.25, -0.2) is 15.0 Å². The third-order valence-corrected chi connectivity index (χ3v) is 4.63. The second kappa shape index (κ2) is 6.07. The number of hydrogen-bond acceptors (Lipinski definition) is 6. The van der Waals surface area contributed by atoms with Gasteiger partial charge in [-0.05, 0) is 36.8 Å². The average Bonchev–Trinajstić information content (AvgIpc) is 3.10. The first-order valence-electron chi connectivity index (χ1n) is 7.51. The molecule has 0 amide bonds. The zero-order valence-electron chi connectivity index (χ0n) is 12.9. The SMILES string of the molecule is CC(O)c1ncc(-c2cc(-c3ccccn3)c3scnc3c2)cn1. The Kier molecular flexibility index (Phi) is 3.76. The van der Waals surface area contributed by atoms with Gasteiger partial charge in [-0.1, -0.05) is 6.07 Å². The van der Waals surface area contributed by atoms with Crippen molar-refractivity contribution in [2.75, 3.05) is 0 Å². The summed E-state index contributed by atoms with van der Waals surface area (Å²) < 4.78 is 1.11. The Labute approximate surface area is 142 Å². The second-order valence-corrected chi connectivity index (χ2v) is 6.30. The van der Waals surface area contributed by atoms with Crippen LogP contribution in [0.4, 0.5) is 0 Å². The largest absolute Gasteiger partial charge is 0.385 e. The number of nitrogens with zero attached hydrogens (tertiary/aromatic N) is 4. The molecule has 0 bridgehead atoms. The van der Waals surface area contributed by atoms with Crippen molar-refractivity contribution in [3.8, 4) is 22.4 Å². The Hall–Kier alpha value is -2.70. The molecule has 1 atom stereocenters. The van der Waals surface area contributed by atoms with Crippen LogP contribution in [-0.4, -0.2) is 25.0 Å². The molecule has 0 fully saturated rings. The molecule has 0 spiro atoms. The van der Waals surface area contributed by atoms with Crippen LogP contribution in [0.1, 0.15) is 18.9 Å². The topological polar surface area (TPSA) is 71.8 Å². The van der Waals surface area contributed by atoms with Crippen molar-refractivity contribution in [3.05, 3.63) is 60.3 Å². The van der Waals surface area contributed by atoms with E-state index in [9.17, 15) is 5.11 Å². The standard InChI is InChI=1S/C18H14N4OS/c1-11(23)18-20-8-13(9-21-18)12-6-14(15-4-2-3-5-19-15)17-16(7-12)22-10-24-17/h2-11,23H,1H3. The van der Waals surface area contributed by atoms with Gasteiger partial charge < -0.3 is 5.11 Å². The van der Waals surface area contributed by atoms with Crippen LogP contribution in [0.15, 0.2) is 54.4 Å². The third-order valence-electron chi connectivity index (χ3n) is 3.75. The van der Waals surface area contributed by atoms with Crippen molar-refractivity contribution in [2.45, 2.75) is 13.0 Å². The van der Waals surface area contributed by atoms with Crippen LogP contribution in [-0.2, 0) is 0 Å². The summed E-state index contributed by atoms with van der Waals surface area (Å²) in [6, 6.07) is 9.98. The molecule has 0 radical (unpaired) electrons. The highest BCUT2D eigenvalue weighted by atomic mass is 32.1. The molecule has 1 N–H and O–H groups in total. The molecule has 118 valence electrons. The first-order valence-corrected chi connectivity index (χ1v) is 8.39. The summed E-state index contributed by atoms with van der Waals surface area (Å²) in [4.78, 5) is 17.4. The maximum absolute atomic E-state index is 9.55. The molecular weight excluding hydrogens is 320 g/mol. The lowest BCUT2D eigenvalue weighted by Crippen LogP contribution is -1.99. The second-order valence-electron chi connectivity index (χ2n) is 5.45. The molecule has 0 aliphatic rings. The van der Waals surface area contributed by atoms with Gasteiger partial charge >= 0.3 is 0 Å². The predicted molar refractivity (Wildman–Crippen MR) is 94.5 cm³/mol. The van der Waals surface area contributed by atoms with Crippen molar-refractivity contribution < 1.29 is 5.11 Å². The highest BCUT2D eigenvalue weighted by molar-refractivity contribution is 7.17. The fraction of sp³-hybridized carbons (Fsp3) is 0.111. The first-order chi connectivity index (χ1) is 11.7. The molecule has 5 nitrogen and oxygen atoms in total. The maximum Gasteiger partial charge on any atom is 0.156 e. The summed E-state index contributed by atoms with van der Waals surface area (Å²) in [5.74, 6) is 0.415. The lowest BCUT2D eigenvalue weighted by molar-refractivity contribution is 0.189. The minimum atomic E-state index is -0.677. The number of thiazole rings is 1. The monoisotopic (exact) mass is 334 g/mol. The van der Waals surface area contributed by atoms with Crippen molar-refractivity contribution in [1.29, 1.82) is 0 Å². The highest BCUT2D eigenvalue weighted by Crippen LogP contribution is 2.34. The minimum absolute atomic E-state index is 0.415. The van der Waals surface area contributed by atoms with E-state index in [0.717, 1.165) is 32.6 Å². The van der Waals surface area contributed by atoms with Crippen LogP contribution in [0.2, 0.25) is 0 Å². The van der Waals surface area contributed by atoms with E-state index >= 15 is 0 Å². The van der Waals surface area contributed by atoms with Gasteiger partial charge in [0, 0.05) is 29.7 Å². The first kappa shape index (κ1) is 14.9. The number of aliphatic hydroxyl groups is 1. The number of aliphatic hydroxyl groups excluding tert-OH is 1. The molecule has 3 aromatic heterocycles. The molecule has 1 unspecified atom stereocenters. The van der Waals surface area contributed by atoms with Crippen LogP contribution >= 0.6 is 11.3 Å². The quantitative estimate of drug-likeness (QED) is 0.616. The highest BCUT2D eigenvalue weighted by Gasteiger charge is 2.12. The summed E-state index contributed by atoms with van der Waals surface area (Å²) in [6.45, 7) is 1.65. The Morgan fingerprint density at radius 3 is 2.54 bits per heavy atom. The zero-order chi connectivity index (χ0) is 16.5. The maximum atomic E-state index is 9.55. The number of rotatable bonds is 3. The normalized spacial score (nSPS) is 12.4. The van der Waals surface area contributed by atoms with Crippen LogP contribution in [0.3, 0.4) is 0 Å². The van der Waals surface area contributed by atoms with Crippen molar-refractivity contribution in [1.82, 2.24) is 19.9 Å². The number of hydrogen-bond donors (Lipinski definition) is 1. The molecule has 0 aliphatic carbocycles. The van der Waals surface area contributed by atoms with Crippen LogP contribution in [0, 0.1) is 0 Å². The van der Waals surface area contributed by atoms with E-state index in [2.05, 4.69) is 26.0 Å². The number of benzene rings is 1. The molecular formula is C18H14N4OS. The molecule has 0 saturated carbocycles. The van der Waals surface area contributed by atoms with Crippen molar-refractivity contribution in [3.63, 3.8) is 0 Å². The summed E-state index contributed by atoms with van der Waals surface area (Å²) in [7, 11) is 0. The van der Waals surface area contributed by atoms with E-state index < -0.39 is 6.10 Å². The van der Waals surface area contributed by atoms with Gasteiger partial charge in [0.1, 0.15) is 6.10 Å². The van der Waals surface area contributed by atoms with Crippen LogP contribution in [0.25, 0.3) is 32.6 Å². The molecule has 1 aromatic carbocycles. The molecule has 4 aromatic rings. The Morgan fingerprint density at radius 2 is 1.83 bits per heavy atom. The lowest BCUT2D eigenvalue weighted by Gasteiger charge is -2.08.